The summed E-state index contributed by atoms with van der Waals surface area (Å²) in [5, 5.41) is 0. The summed E-state index contributed by atoms with van der Waals surface area (Å²) in [7, 11) is 0. The zero-order valence-electron chi connectivity index (χ0n) is 15.7. The van der Waals surface area contributed by atoms with Gasteiger partial charge in [0.05, 0.1) is 6.54 Å². The Kier molecular flexibility index (Phi) is 12.1. The van der Waals surface area contributed by atoms with Crippen molar-refractivity contribution in [2.75, 3.05) is 13.1 Å². The van der Waals surface area contributed by atoms with Crippen molar-refractivity contribution in [3.05, 3.63) is 0 Å². The zero-order valence-corrected chi connectivity index (χ0v) is 15.7. The molecule has 0 aliphatic carbocycles. The van der Waals surface area contributed by atoms with Crippen LogP contribution in [0.4, 0.5) is 4.79 Å². The average molecular weight is 326 g/mol. The number of carbonyl (C=O) groups excluding carboxylic acids is 1. The molecule has 0 aromatic carbocycles. The van der Waals surface area contributed by atoms with Crippen LogP contribution in [0.15, 0.2) is 0 Å². The summed E-state index contributed by atoms with van der Waals surface area (Å²) < 4.78 is 5.41. The highest BCUT2D eigenvalue weighted by Gasteiger charge is 2.29. The second-order valence-electron chi connectivity index (χ2n) is 7.13. The van der Waals surface area contributed by atoms with Crippen LogP contribution in [-0.2, 0) is 4.74 Å². The van der Waals surface area contributed by atoms with Gasteiger partial charge in [0, 0.05) is 6.54 Å². The van der Waals surface area contributed by atoms with Crippen molar-refractivity contribution in [2.24, 2.45) is 0 Å². The van der Waals surface area contributed by atoms with E-state index in [0.717, 1.165) is 25.9 Å². The van der Waals surface area contributed by atoms with Crippen molar-refractivity contribution < 1.29 is 9.53 Å². The fourth-order valence-corrected chi connectivity index (χ4v) is 3.39. The van der Waals surface area contributed by atoms with Crippen LogP contribution in [0.2, 0.25) is 0 Å². The molecule has 1 aliphatic rings. The zero-order chi connectivity index (χ0) is 16.8. The van der Waals surface area contributed by atoms with Crippen molar-refractivity contribution in [3.63, 3.8) is 0 Å². The lowest BCUT2D eigenvalue weighted by Crippen LogP contribution is -2.25. The van der Waals surface area contributed by atoms with Crippen LogP contribution in [0.25, 0.3) is 0 Å². The Morgan fingerprint density at radius 3 is 1.87 bits per heavy atom. The van der Waals surface area contributed by atoms with Crippen LogP contribution >= 0.6 is 0 Å². The molecule has 0 aromatic heterocycles. The number of amides is 1. The van der Waals surface area contributed by atoms with Gasteiger partial charge in [-0.1, -0.05) is 84.5 Å². The SMILES string of the molecule is CCCCCCCCCCCCCCC1CN(CCC)C(=O)O1. The maximum atomic E-state index is 11.6. The van der Waals surface area contributed by atoms with Crippen molar-refractivity contribution in [1.29, 1.82) is 0 Å². The second-order valence-corrected chi connectivity index (χ2v) is 7.13. The number of carbonyl (C=O) groups is 1. The molecule has 0 radical (unpaired) electrons. The highest BCUT2D eigenvalue weighted by molar-refractivity contribution is 5.69. The Morgan fingerprint density at radius 2 is 1.35 bits per heavy atom. The van der Waals surface area contributed by atoms with Crippen LogP contribution in [0, 0.1) is 0 Å². The van der Waals surface area contributed by atoms with E-state index in [1.807, 2.05) is 4.90 Å². The average Bonchev–Trinajstić information content (AvgIpc) is 2.89. The summed E-state index contributed by atoms with van der Waals surface area (Å²) in [6, 6.07) is 0. The molecule has 3 nitrogen and oxygen atoms in total. The van der Waals surface area contributed by atoms with Crippen molar-refractivity contribution in [2.45, 2.75) is 110 Å². The summed E-state index contributed by atoms with van der Waals surface area (Å²) in [5.41, 5.74) is 0. The molecule has 1 rings (SSSR count). The van der Waals surface area contributed by atoms with Gasteiger partial charge in [0.1, 0.15) is 6.10 Å². The Morgan fingerprint density at radius 1 is 0.826 bits per heavy atom. The molecule has 1 fully saturated rings. The number of cyclic esters (lactones) is 1. The number of hydrogen-bond acceptors (Lipinski definition) is 2. The molecule has 3 heteroatoms. The van der Waals surface area contributed by atoms with Gasteiger partial charge in [-0.3, -0.25) is 0 Å². The van der Waals surface area contributed by atoms with Gasteiger partial charge < -0.3 is 9.64 Å². The van der Waals surface area contributed by atoms with E-state index in [-0.39, 0.29) is 12.2 Å². The maximum absolute atomic E-state index is 11.6. The highest BCUT2D eigenvalue weighted by atomic mass is 16.6. The minimum atomic E-state index is -0.101. The molecule has 23 heavy (non-hydrogen) atoms. The standard InChI is InChI=1S/C20H39NO2/c1-3-5-6-7-8-9-10-11-12-13-14-15-16-19-18-21(17-4-2)20(22)23-19/h19H,3-18H2,1-2H3. The molecular weight excluding hydrogens is 286 g/mol. The van der Waals surface area contributed by atoms with E-state index in [1.165, 1.54) is 77.0 Å². The van der Waals surface area contributed by atoms with Gasteiger partial charge in [-0.15, -0.1) is 0 Å². The first-order chi connectivity index (χ1) is 11.3. The van der Waals surface area contributed by atoms with E-state index >= 15 is 0 Å². The molecule has 0 saturated carbocycles. The minimum Gasteiger partial charge on any atom is -0.444 e. The summed E-state index contributed by atoms with van der Waals surface area (Å²) in [5.74, 6) is 0. The third kappa shape index (κ3) is 9.88. The molecular formula is C20H39NO2. The van der Waals surface area contributed by atoms with Gasteiger partial charge in [0.25, 0.3) is 0 Å². The number of unbranched alkanes of at least 4 members (excludes halogenated alkanes) is 11. The first-order valence-corrected chi connectivity index (χ1v) is 10.2. The van der Waals surface area contributed by atoms with Crippen molar-refractivity contribution in [3.8, 4) is 0 Å². The maximum Gasteiger partial charge on any atom is 0.410 e. The van der Waals surface area contributed by atoms with Gasteiger partial charge in [-0.05, 0) is 19.3 Å². The Hall–Kier alpha value is -0.730. The van der Waals surface area contributed by atoms with Gasteiger partial charge in [-0.2, -0.15) is 0 Å². The number of rotatable bonds is 15. The predicted octanol–water partition coefficient (Wildman–Crippen LogP) is 6.31. The summed E-state index contributed by atoms with van der Waals surface area (Å²) in [6.45, 7) is 6.03. The van der Waals surface area contributed by atoms with Gasteiger partial charge in [0.2, 0.25) is 0 Å². The molecule has 0 N–H and O–H groups in total. The van der Waals surface area contributed by atoms with E-state index in [2.05, 4.69) is 13.8 Å². The largest absolute Gasteiger partial charge is 0.444 e. The second kappa shape index (κ2) is 13.7. The highest BCUT2D eigenvalue weighted by Crippen LogP contribution is 2.18. The van der Waals surface area contributed by atoms with Gasteiger partial charge in [-0.25, -0.2) is 4.79 Å². The molecule has 1 heterocycles. The summed E-state index contributed by atoms with van der Waals surface area (Å²) >= 11 is 0. The first-order valence-electron chi connectivity index (χ1n) is 10.2. The van der Waals surface area contributed by atoms with Gasteiger partial charge in [0.15, 0.2) is 0 Å². The molecule has 1 unspecified atom stereocenters. The molecule has 136 valence electrons. The summed E-state index contributed by atoms with van der Waals surface area (Å²) in [4.78, 5) is 13.4. The number of ether oxygens (including phenoxy) is 1. The molecule has 0 spiro atoms. The number of hydrogen-bond donors (Lipinski definition) is 0. The Labute approximate surface area is 144 Å². The third-order valence-corrected chi connectivity index (χ3v) is 4.82. The lowest BCUT2D eigenvalue weighted by atomic mass is 10.0. The van der Waals surface area contributed by atoms with Crippen LogP contribution in [-0.4, -0.2) is 30.2 Å². The van der Waals surface area contributed by atoms with E-state index < -0.39 is 0 Å². The van der Waals surface area contributed by atoms with Crippen molar-refractivity contribution >= 4 is 6.09 Å². The molecule has 1 aliphatic heterocycles. The third-order valence-electron chi connectivity index (χ3n) is 4.82. The van der Waals surface area contributed by atoms with E-state index in [0.29, 0.717) is 0 Å². The molecule has 0 aromatic rings. The minimum absolute atomic E-state index is 0.101. The first kappa shape index (κ1) is 20.3. The lowest BCUT2D eigenvalue weighted by Gasteiger charge is -2.10. The fourth-order valence-electron chi connectivity index (χ4n) is 3.39. The molecule has 1 amide bonds. The summed E-state index contributed by atoms with van der Waals surface area (Å²) in [6.07, 6.45) is 18.6. The van der Waals surface area contributed by atoms with E-state index in [9.17, 15) is 4.79 Å². The fraction of sp³-hybridized carbons (Fsp3) is 0.950. The Balaban J connectivity index is 1.82. The van der Waals surface area contributed by atoms with E-state index in [4.69, 9.17) is 4.74 Å². The predicted molar refractivity (Wildman–Crippen MR) is 97.8 cm³/mol. The smallest absolute Gasteiger partial charge is 0.410 e. The molecule has 1 atom stereocenters. The lowest BCUT2D eigenvalue weighted by molar-refractivity contribution is 0.127. The quantitative estimate of drug-likeness (QED) is 0.330. The van der Waals surface area contributed by atoms with Crippen LogP contribution in [0.5, 0.6) is 0 Å². The number of nitrogens with zero attached hydrogens (tertiary/aromatic N) is 1. The monoisotopic (exact) mass is 325 g/mol. The van der Waals surface area contributed by atoms with Crippen LogP contribution < -0.4 is 0 Å². The molecule has 1 saturated heterocycles. The van der Waals surface area contributed by atoms with Crippen LogP contribution in [0.1, 0.15) is 104 Å². The normalized spacial score (nSPS) is 17.7. The van der Waals surface area contributed by atoms with Crippen LogP contribution in [0.3, 0.4) is 0 Å². The Bertz CT molecular complexity index is 293. The van der Waals surface area contributed by atoms with E-state index in [1.54, 1.807) is 0 Å². The topological polar surface area (TPSA) is 29.5 Å². The van der Waals surface area contributed by atoms with Crippen molar-refractivity contribution in [1.82, 2.24) is 4.90 Å². The van der Waals surface area contributed by atoms with Gasteiger partial charge >= 0.3 is 6.09 Å². The molecule has 0 bridgehead atoms.